The van der Waals surface area contributed by atoms with E-state index in [1.54, 1.807) is 6.92 Å². The van der Waals surface area contributed by atoms with E-state index in [1.165, 1.54) is 0 Å². The Morgan fingerprint density at radius 1 is 1.28 bits per heavy atom. The molecule has 0 unspecified atom stereocenters. The molecule has 1 aromatic rings. The molecular formula is C13H18N2O3. The highest BCUT2D eigenvalue weighted by Crippen LogP contribution is 2.26. The zero-order valence-electron chi connectivity index (χ0n) is 10.5. The minimum absolute atomic E-state index is 0.176. The van der Waals surface area contributed by atoms with E-state index in [2.05, 4.69) is 4.90 Å². The van der Waals surface area contributed by atoms with Crippen LogP contribution in [-0.4, -0.2) is 42.2 Å². The van der Waals surface area contributed by atoms with Crippen LogP contribution in [0.1, 0.15) is 18.5 Å². The van der Waals surface area contributed by atoms with E-state index in [-0.39, 0.29) is 11.0 Å². The minimum Gasteiger partial charge on any atom is -0.379 e. The highest BCUT2D eigenvalue weighted by Gasteiger charge is 2.34. The predicted molar refractivity (Wildman–Crippen MR) is 68.0 cm³/mol. The summed E-state index contributed by atoms with van der Waals surface area (Å²) >= 11 is 0. The van der Waals surface area contributed by atoms with Gasteiger partial charge in [0, 0.05) is 24.9 Å². The molecule has 1 aliphatic heterocycles. The molecule has 1 saturated heterocycles. The fraction of sp³-hybridized carbons (Fsp3) is 0.538. The number of ether oxygens (including phenoxy) is 1. The molecule has 1 fully saturated rings. The van der Waals surface area contributed by atoms with Crippen LogP contribution in [0.15, 0.2) is 30.3 Å². The van der Waals surface area contributed by atoms with Crippen LogP contribution in [0.25, 0.3) is 0 Å². The van der Waals surface area contributed by atoms with E-state index in [0.717, 1.165) is 18.7 Å². The average Bonchev–Trinajstić information content (AvgIpc) is 2.41. The van der Waals surface area contributed by atoms with Crippen LogP contribution in [0.5, 0.6) is 0 Å². The molecule has 0 saturated carbocycles. The van der Waals surface area contributed by atoms with Crippen molar-refractivity contribution in [1.82, 2.24) is 4.90 Å². The van der Waals surface area contributed by atoms with Crippen molar-refractivity contribution < 1.29 is 9.66 Å². The molecule has 0 aromatic heterocycles. The van der Waals surface area contributed by atoms with Crippen LogP contribution < -0.4 is 0 Å². The summed E-state index contributed by atoms with van der Waals surface area (Å²) in [4.78, 5) is 13.0. The molecule has 0 aliphatic carbocycles. The average molecular weight is 250 g/mol. The summed E-state index contributed by atoms with van der Waals surface area (Å²) in [6.07, 6.45) is 0. The first-order chi connectivity index (χ1) is 8.70. The molecule has 18 heavy (non-hydrogen) atoms. The van der Waals surface area contributed by atoms with Crippen LogP contribution in [0.4, 0.5) is 0 Å². The predicted octanol–water partition coefficient (Wildman–Crippen LogP) is 1.73. The number of benzene rings is 1. The molecule has 2 rings (SSSR count). The largest absolute Gasteiger partial charge is 0.379 e. The van der Waals surface area contributed by atoms with Crippen molar-refractivity contribution in [3.8, 4) is 0 Å². The fourth-order valence-electron chi connectivity index (χ4n) is 2.42. The van der Waals surface area contributed by atoms with Gasteiger partial charge in [-0.3, -0.25) is 15.0 Å². The lowest BCUT2D eigenvalue weighted by molar-refractivity contribution is -0.527. The van der Waals surface area contributed by atoms with Crippen molar-refractivity contribution in [2.24, 2.45) is 0 Å². The molecule has 1 heterocycles. The number of hydrogen-bond acceptors (Lipinski definition) is 4. The van der Waals surface area contributed by atoms with E-state index in [1.807, 2.05) is 30.3 Å². The zero-order valence-corrected chi connectivity index (χ0v) is 10.5. The van der Waals surface area contributed by atoms with Gasteiger partial charge in [0.05, 0.1) is 13.2 Å². The van der Waals surface area contributed by atoms with E-state index >= 15 is 0 Å². The summed E-state index contributed by atoms with van der Waals surface area (Å²) in [6, 6.07) is 8.90. The van der Waals surface area contributed by atoms with Crippen molar-refractivity contribution >= 4 is 0 Å². The van der Waals surface area contributed by atoms with Crippen molar-refractivity contribution in [2.75, 3.05) is 26.3 Å². The molecule has 5 nitrogen and oxygen atoms in total. The highest BCUT2D eigenvalue weighted by atomic mass is 16.6. The first-order valence-electron chi connectivity index (χ1n) is 6.20. The van der Waals surface area contributed by atoms with E-state index in [4.69, 9.17) is 4.74 Å². The van der Waals surface area contributed by atoms with Crippen molar-refractivity contribution in [3.05, 3.63) is 46.0 Å². The Morgan fingerprint density at radius 3 is 2.44 bits per heavy atom. The van der Waals surface area contributed by atoms with Gasteiger partial charge >= 0.3 is 0 Å². The second-order valence-electron chi connectivity index (χ2n) is 4.53. The van der Waals surface area contributed by atoms with Gasteiger partial charge in [-0.1, -0.05) is 30.3 Å². The Kier molecular flexibility index (Phi) is 4.28. The number of nitro groups is 1. The van der Waals surface area contributed by atoms with Gasteiger partial charge in [-0.05, 0) is 5.56 Å². The molecule has 0 spiro atoms. The summed E-state index contributed by atoms with van der Waals surface area (Å²) in [6.45, 7) is 4.46. The smallest absolute Gasteiger partial charge is 0.229 e. The molecule has 1 aliphatic rings. The molecule has 2 atom stereocenters. The number of nitrogens with zero attached hydrogens (tertiary/aromatic N) is 2. The van der Waals surface area contributed by atoms with Gasteiger partial charge in [0.1, 0.15) is 6.04 Å². The summed E-state index contributed by atoms with van der Waals surface area (Å²) in [7, 11) is 0. The van der Waals surface area contributed by atoms with Crippen LogP contribution >= 0.6 is 0 Å². The topological polar surface area (TPSA) is 55.6 Å². The lowest BCUT2D eigenvalue weighted by Crippen LogP contribution is -2.44. The third-order valence-electron chi connectivity index (χ3n) is 3.37. The number of hydrogen-bond donors (Lipinski definition) is 0. The number of morpholine rings is 1. The molecule has 0 bridgehead atoms. The molecule has 0 N–H and O–H groups in total. The monoisotopic (exact) mass is 250 g/mol. The third kappa shape index (κ3) is 2.86. The summed E-state index contributed by atoms with van der Waals surface area (Å²) in [5.74, 6) is 0. The van der Waals surface area contributed by atoms with Crippen LogP contribution in [-0.2, 0) is 4.74 Å². The van der Waals surface area contributed by atoms with Crippen LogP contribution in [0.3, 0.4) is 0 Å². The van der Waals surface area contributed by atoms with Gasteiger partial charge in [0.25, 0.3) is 0 Å². The fourth-order valence-corrected chi connectivity index (χ4v) is 2.42. The summed E-state index contributed by atoms with van der Waals surface area (Å²) < 4.78 is 5.31. The second-order valence-corrected chi connectivity index (χ2v) is 4.53. The van der Waals surface area contributed by atoms with E-state index in [9.17, 15) is 10.1 Å². The summed E-state index contributed by atoms with van der Waals surface area (Å²) in [5, 5.41) is 11.1. The lowest BCUT2D eigenvalue weighted by Gasteiger charge is -2.34. The first kappa shape index (κ1) is 13.0. The Hall–Kier alpha value is -1.46. The molecule has 98 valence electrons. The standard InChI is InChI=1S/C13H18N2O3/c1-11(15(16)17)13(12-5-3-2-4-6-12)14-7-9-18-10-8-14/h2-6,11,13H,7-10H2,1H3/t11-,13-/m0/s1. The maximum Gasteiger partial charge on any atom is 0.229 e. The quantitative estimate of drug-likeness (QED) is 0.603. The van der Waals surface area contributed by atoms with Gasteiger partial charge in [-0.2, -0.15) is 0 Å². The number of rotatable bonds is 4. The maximum absolute atomic E-state index is 11.1. The van der Waals surface area contributed by atoms with Gasteiger partial charge in [-0.25, -0.2) is 0 Å². The first-order valence-corrected chi connectivity index (χ1v) is 6.20. The Labute approximate surface area is 107 Å². The summed E-state index contributed by atoms with van der Waals surface area (Å²) in [5.41, 5.74) is 1.00. The van der Waals surface area contributed by atoms with E-state index in [0.29, 0.717) is 13.2 Å². The lowest BCUT2D eigenvalue weighted by atomic mass is 9.98. The molecule has 0 amide bonds. The molecule has 0 radical (unpaired) electrons. The van der Waals surface area contributed by atoms with Gasteiger partial charge < -0.3 is 4.74 Å². The normalized spacial score (nSPS) is 20.3. The van der Waals surface area contributed by atoms with Crippen molar-refractivity contribution in [1.29, 1.82) is 0 Å². The Bertz CT molecular complexity index is 390. The second kappa shape index (κ2) is 5.93. The molecule has 1 aromatic carbocycles. The van der Waals surface area contributed by atoms with Crippen molar-refractivity contribution in [3.63, 3.8) is 0 Å². The minimum atomic E-state index is -0.620. The van der Waals surface area contributed by atoms with Gasteiger partial charge in [0.15, 0.2) is 0 Å². The zero-order chi connectivity index (χ0) is 13.0. The third-order valence-corrected chi connectivity index (χ3v) is 3.37. The maximum atomic E-state index is 11.1. The van der Waals surface area contributed by atoms with E-state index < -0.39 is 6.04 Å². The van der Waals surface area contributed by atoms with Crippen LogP contribution in [0, 0.1) is 10.1 Å². The molecule has 5 heteroatoms. The van der Waals surface area contributed by atoms with Gasteiger partial charge in [0.2, 0.25) is 6.04 Å². The van der Waals surface area contributed by atoms with Crippen molar-refractivity contribution in [2.45, 2.75) is 19.0 Å². The SMILES string of the molecule is C[C@@H]([C@@H](c1ccccc1)N1CCOCC1)[N+](=O)[O-]. The van der Waals surface area contributed by atoms with Crippen LogP contribution in [0.2, 0.25) is 0 Å². The highest BCUT2D eigenvalue weighted by molar-refractivity contribution is 5.20. The Morgan fingerprint density at radius 2 is 1.89 bits per heavy atom. The molecular weight excluding hydrogens is 232 g/mol. The Balaban J connectivity index is 2.25. The van der Waals surface area contributed by atoms with Gasteiger partial charge in [-0.15, -0.1) is 0 Å².